The Morgan fingerprint density at radius 2 is 1.92 bits per heavy atom. The van der Waals surface area contributed by atoms with Gasteiger partial charge in [0.1, 0.15) is 5.76 Å². The lowest BCUT2D eigenvalue weighted by molar-refractivity contribution is 0.253. The molecule has 1 aliphatic heterocycles. The summed E-state index contributed by atoms with van der Waals surface area (Å²) in [7, 11) is 0. The van der Waals surface area contributed by atoms with Crippen LogP contribution < -0.4 is 0 Å². The van der Waals surface area contributed by atoms with Crippen molar-refractivity contribution < 1.29 is 4.42 Å². The highest BCUT2D eigenvalue weighted by atomic mass is 16.3. The van der Waals surface area contributed by atoms with Crippen LogP contribution in [0.25, 0.3) is 0 Å². The first-order valence-corrected chi connectivity index (χ1v) is 5.20. The Bertz CT molecular complexity index is 222. The van der Waals surface area contributed by atoms with Crippen LogP contribution in [0.4, 0.5) is 0 Å². The van der Waals surface area contributed by atoms with Crippen LogP contribution in [0, 0.1) is 0 Å². The van der Waals surface area contributed by atoms with E-state index < -0.39 is 0 Å². The minimum absolute atomic E-state index is 0.993. The molecule has 1 aliphatic rings. The van der Waals surface area contributed by atoms with E-state index in [-0.39, 0.29) is 0 Å². The Morgan fingerprint density at radius 1 is 1.15 bits per heavy atom. The van der Waals surface area contributed by atoms with Crippen molar-refractivity contribution in [2.45, 2.75) is 32.2 Å². The van der Waals surface area contributed by atoms with E-state index in [1.165, 1.54) is 38.8 Å². The first-order chi connectivity index (χ1) is 6.45. The summed E-state index contributed by atoms with van der Waals surface area (Å²) in [5, 5.41) is 0. The molecule has 0 atom stereocenters. The van der Waals surface area contributed by atoms with E-state index in [0.717, 1.165) is 12.3 Å². The van der Waals surface area contributed by atoms with Crippen LogP contribution in [-0.4, -0.2) is 18.0 Å². The van der Waals surface area contributed by atoms with Crippen molar-refractivity contribution in [3.63, 3.8) is 0 Å². The predicted molar refractivity (Wildman–Crippen MR) is 52.5 cm³/mol. The van der Waals surface area contributed by atoms with E-state index in [1.807, 2.05) is 6.07 Å². The molecule has 1 aromatic rings. The number of hydrogen-bond donors (Lipinski definition) is 0. The molecule has 2 rings (SSSR count). The zero-order valence-corrected chi connectivity index (χ0v) is 8.04. The Balaban J connectivity index is 1.86. The maximum atomic E-state index is 5.34. The SMILES string of the molecule is c1coc(CN2CCCCCC2)c1. The number of rotatable bonds is 2. The van der Waals surface area contributed by atoms with Gasteiger partial charge in [0.25, 0.3) is 0 Å². The first kappa shape index (κ1) is 8.82. The van der Waals surface area contributed by atoms with Crippen molar-refractivity contribution in [1.29, 1.82) is 0 Å². The van der Waals surface area contributed by atoms with Crippen molar-refractivity contribution in [1.82, 2.24) is 4.90 Å². The molecule has 13 heavy (non-hydrogen) atoms. The molecule has 0 amide bonds. The van der Waals surface area contributed by atoms with Gasteiger partial charge >= 0.3 is 0 Å². The van der Waals surface area contributed by atoms with Gasteiger partial charge in [0.05, 0.1) is 12.8 Å². The summed E-state index contributed by atoms with van der Waals surface area (Å²) in [6.07, 6.45) is 7.25. The average Bonchev–Trinajstić information content (AvgIpc) is 2.49. The predicted octanol–water partition coefficient (Wildman–Crippen LogP) is 2.66. The van der Waals surface area contributed by atoms with Crippen molar-refractivity contribution >= 4 is 0 Å². The van der Waals surface area contributed by atoms with Crippen LogP contribution in [0.1, 0.15) is 31.4 Å². The zero-order chi connectivity index (χ0) is 8.93. The fraction of sp³-hybridized carbons (Fsp3) is 0.636. The lowest BCUT2D eigenvalue weighted by Crippen LogP contribution is -2.23. The van der Waals surface area contributed by atoms with E-state index in [0.29, 0.717) is 0 Å². The summed E-state index contributed by atoms with van der Waals surface area (Å²) in [6, 6.07) is 4.03. The van der Waals surface area contributed by atoms with Gasteiger partial charge in [-0.1, -0.05) is 12.8 Å². The molecular weight excluding hydrogens is 162 g/mol. The molecule has 1 fully saturated rings. The Labute approximate surface area is 79.5 Å². The van der Waals surface area contributed by atoms with E-state index in [9.17, 15) is 0 Å². The second-order valence-electron chi connectivity index (χ2n) is 3.77. The minimum Gasteiger partial charge on any atom is -0.468 e. The van der Waals surface area contributed by atoms with Crippen molar-refractivity contribution in [2.75, 3.05) is 13.1 Å². The molecule has 72 valence electrons. The maximum absolute atomic E-state index is 5.34. The Kier molecular flexibility index (Phi) is 3.03. The van der Waals surface area contributed by atoms with Crippen LogP contribution in [0.3, 0.4) is 0 Å². The molecule has 0 unspecified atom stereocenters. The van der Waals surface area contributed by atoms with E-state index in [1.54, 1.807) is 6.26 Å². The van der Waals surface area contributed by atoms with E-state index in [4.69, 9.17) is 4.42 Å². The van der Waals surface area contributed by atoms with Gasteiger partial charge < -0.3 is 4.42 Å². The van der Waals surface area contributed by atoms with Crippen LogP contribution >= 0.6 is 0 Å². The molecule has 2 nitrogen and oxygen atoms in total. The van der Waals surface area contributed by atoms with Gasteiger partial charge in [0, 0.05) is 0 Å². The molecule has 2 heterocycles. The molecule has 0 aromatic carbocycles. The Hall–Kier alpha value is -0.760. The lowest BCUT2D eigenvalue weighted by Gasteiger charge is -2.17. The Morgan fingerprint density at radius 3 is 2.54 bits per heavy atom. The fourth-order valence-electron chi connectivity index (χ4n) is 1.92. The van der Waals surface area contributed by atoms with Crippen molar-refractivity contribution in [3.05, 3.63) is 24.2 Å². The van der Waals surface area contributed by atoms with Crippen molar-refractivity contribution in [3.8, 4) is 0 Å². The first-order valence-electron chi connectivity index (χ1n) is 5.20. The van der Waals surface area contributed by atoms with Gasteiger partial charge in [-0.15, -0.1) is 0 Å². The molecule has 0 aliphatic carbocycles. The summed E-state index contributed by atoms with van der Waals surface area (Å²) in [5.74, 6) is 1.10. The molecular formula is C11H17NO. The molecule has 0 saturated carbocycles. The average molecular weight is 179 g/mol. The normalized spacial score (nSPS) is 20.0. The van der Waals surface area contributed by atoms with Gasteiger partial charge in [0.2, 0.25) is 0 Å². The smallest absolute Gasteiger partial charge is 0.117 e. The van der Waals surface area contributed by atoms with Gasteiger partial charge in [0.15, 0.2) is 0 Å². The number of nitrogens with zero attached hydrogens (tertiary/aromatic N) is 1. The molecule has 0 spiro atoms. The highest BCUT2D eigenvalue weighted by Gasteiger charge is 2.09. The maximum Gasteiger partial charge on any atom is 0.117 e. The third-order valence-corrected chi connectivity index (χ3v) is 2.66. The fourth-order valence-corrected chi connectivity index (χ4v) is 1.92. The summed E-state index contributed by atoms with van der Waals surface area (Å²) in [6.45, 7) is 3.47. The second kappa shape index (κ2) is 4.47. The van der Waals surface area contributed by atoms with Crippen molar-refractivity contribution in [2.24, 2.45) is 0 Å². The third kappa shape index (κ3) is 2.59. The molecule has 0 radical (unpaired) electrons. The minimum atomic E-state index is 0.993. The topological polar surface area (TPSA) is 16.4 Å². The second-order valence-corrected chi connectivity index (χ2v) is 3.77. The highest BCUT2D eigenvalue weighted by Crippen LogP contribution is 2.13. The molecule has 0 N–H and O–H groups in total. The molecule has 1 aromatic heterocycles. The van der Waals surface area contributed by atoms with Crippen LogP contribution in [0.2, 0.25) is 0 Å². The standard InChI is InChI=1S/C11H17NO/c1-2-4-8-12(7-3-1)10-11-6-5-9-13-11/h5-6,9H,1-4,7-8,10H2. The molecule has 1 saturated heterocycles. The monoisotopic (exact) mass is 179 g/mol. The number of likely N-dealkylation sites (tertiary alicyclic amines) is 1. The quantitative estimate of drug-likeness (QED) is 0.694. The van der Waals surface area contributed by atoms with Crippen LogP contribution in [-0.2, 0) is 6.54 Å². The summed E-state index contributed by atoms with van der Waals surface area (Å²) in [4.78, 5) is 2.49. The highest BCUT2D eigenvalue weighted by molar-refractivity contribution is 4.97. The largest absolute Gasteiger partial charge is 0.468 e. The number of furan rings is 1. The number of hydrogen-bond acceptors (Lipinski definition) is 2. The summed E-state index contributed by atoms with van der Waals surface area (Å²) in [5.41, 5.74) is 0. The van der Waals surface area contributed by atoms with Crippen LogP contribution in [0.15, 0.2) is 22.8 Å². The lowest BCUT2D eigenvalue weighted by atomic mass is 10.2. The van der Waals surface area contributed by atoms with Gasteiger partial charge in [-0.2, -0.15) is 0 Å². The van der Waals surface area contributed by atoms with Crippen LogP contribution in [0.5, 0.6) is 0 Å². The van der Waals surface area contributed by atoms with Gasteiger partial charge in [-0.3, -0.25) is 4.90 Å². The van der Waals surface area contributed by atoms with E-state index >= 15 is 0 Å². The molecule has 0 bridgehead atoms. The summed E-state index contributed by atoms with van der Waals surface area (Å²) < 4.78 is 5.34. The zero-order valence-electron chi connectivity index (χ0n) is 8.04. The third-order valence-electron chi connectivity index (χ3n) is 2.66. The van der Waals surface area contributed by atoms with Gasteiger partial charge in [-0.05, 0) is 38.1 Å². The summed E-state index contributed by atoms with van der Waals surface area (Å²) >= 11 is 0. The van der Waals surface area contributed by atoms with E-state index in [2.05, 4.69) is 11.0 Å². The molecule has 2 heteroatoms. The van der Waals surface area contributed by atoms with Gasteiger partial charge in [-0.25, -0.2) is 0 Å².